The minimum atomic E-state index is 0.289. The number of nitrogens with zero attached hydrogens (tertiary/aromatic N) is 1. The molecule has 1 heterocycles. The summed E-state index contributed by atoms with van der Waals surface area (Å²) < 4.78 is 5.15. The molecule has 1 saturated heterocycles. The summed E-state index contributed by atoms with van der Waals surface area (Å²) in [6.45, 7) is 1.27. The third-order valence-electron chi connectivity index (χ3n) is 3.39. The lowest BCUT2D eigenvalue weighted by Gasteiger charge is -2.19. The van der Waals surface area contributed by atoms with Crippen molar-refractivity contribution in [1.82, 2.24) is 4.90 Å². The van der Waals surface area contributed by atoms with Gasteiger partial charge in [0, 0.05) is 19.2 Å². The third-order valence-corrected chi connectivity index (χ3v) is 3.39. The Balaban J connectivity index is 2.11. The molecule has 0 saturated carbocycles. The topological polar surface area (TPSA) is 32.7 Å². The van der Waals surface area contributed by atoms with Gasteiger partial charge in [-0.1, -0.05) is 12.1 Å². The first-order valence-corrected chi connectivity index (χ1v) is 5.69. The molecule has 1 aliphatic rings. The van der Waals surface area contributed by atoms with Crippen LogP contribution >= 0.6 is 0 Å². The molecule has 88 valence electrons. The van der Waals surface area contributed by atoms with Gasteiger partial charge in [-0.05, 0) is 37.1 Å². The highest BCUT2D eigenvalue weighted by Crippen LogP contribution is 2.34. The molecule has 3 heteroatoms. The van der Waals surface area contributed by atoms with Crippen molar-refractivity contribution in [1.29, 1.82) is 0 Å². The highest BCUT2D eigenvalue weighted by atomic mass is 16.5. The van der Waals surface area contributed by atoms with Crippen LogP contribution in [0.25, 0.3) is 0 Å². The highest BCUT2D eigenvalue weighted by molar-refractivity contribution is 5.29. The van der Waals surface area contributed by atoms with Crippen LogP contribution in [-0.2, 0) is 0 Å². The number of aliphatic hydroxyl groups is 1. The van der Waals surface area contributed by atoms with Crippen molar-refractivity contribution in [2.24, 2.45) is 5.92 Å². The van der Waals surface area contributed by atoms with Crippen LogP contribution in [0.3, 0.4) is 0 Å². The SMILES string of the molecule is COc1ccc([C@H]2C[C@@H](CO)CN2C)cc1. The molecular weight excluding hydrogens is 202 g/mol. The van der Waals surface area contributed by atoms with E-state index in [4.69, 9.17) is 4.74 Å². The summed E-state index contributed by atoms with van der Waals surface area (Å²) in [7, 11) is 3.79. The smallest absolute Gasteiger partial charge is 0.118 e. The Bertz CT molecular complexity index is 336. The van der Waals surface area contributed by atoms with Gasteiger partial charge in [-0.2, -0.15) is 0 Å². The Morgan fingerprint density at radius 2 is 2.06 bits per heavy atom. The molecule has 16 heavy (non-hydrogen) atoms. The molecule has 0 unspecified atom stereocenters. The zero-order valence-corrected chi connectivity index (χ0v) is 9.89. The van der Waals surface area contributed by atoms with Gasteiger partial charge in [0.15, 0.2) is 0 Å². The Morgan fingerprint density at radius 1 is 1.38 bits per heavy atom. The number of hydrogen-bond acceptors (Lipinski definition) is 3. The maximum Gasteiger partial charge on any atom is 0.118 e. The predicted molar refractivity (Wildman–Crippen MR) is 63.6 cm³/mol. The standard InChI is InChI=1S/C13H19NO2/c1-14-8-10(9-15)7-13(14)11-3-5-12(16-2)6-4-11/h3-6,10,13,15H,7-9H2,1-2H3/t10-,13-/m1/s1. The average molecular weight is 221 g/mol. The molecule has 0 amide bonds. The van der Waals surface area contributed by atoms with Crippen LogP contribution < -0.4 is 4.74 Å². The van der Waals surface area contributed by atoms with E-state index >= 15 is 0 Å². The van der Waals surface area contributed by atoms with E-state index in [1.807, 2.05) is 12.1 Å². The fourth-order valence-electron chi connectivity index (χ4n) is 2.45. The summed E-state index contributed by atoms with van der Waals surface area (Å²) in [6.07, 6.45) is 1.04. The summed E-state index contributed by atoms with van der Waals surface area (Å²) in [4.78, 5) is 2.31. The summed E-state index contributed by atoms with van der Waals surface area (Å²) in [5, 5.41) is 9.18. The van der Waals surface area contributed by atoms with E-state index in [1.54, 1.807) is 7.11 Å². The Kier molecular flexibility index (Phi) is 3.46. The van der Waals surface area contributed by atoms with Crippen LogP contribution in [-0.4, -0.2) is 37.3 Å². The summed E-state index contributed by atoms with van der Waals surface area (Å²) >= 11 is 0. The fraction of sp³-hybridized carbons (Fsp3) is 0.538. The quantitative estimate of drug-likeness (QED) is 0.843. The van der Waals surface area contributed by atoms with Crippen molar-refractivity contribution in [3.8, 4) is 5.75 Å². The van der Waals surface area contributed by atoms with E-state index < -0.39 is 0 Å². The summed E-state index contributed by atoms with van der Waals surface area (Å²) in [5.41, 5.74) is 1.30. The molecule has 0 spiro atoms. The second-order valence-corrected chi connectivity index (χ2v) is 4.51. The van der Waals surface area contributed by atoms with E-state index in [2.05, 4.69) is 24.1 Å². The molecule has 2 rings (SSSR count). The molecule has 1 N–H and O–H groups in total. The summed E-state index contributed by atoms with van der Waals surface area (Å²) in [6, 6.07) is 8.65. The first-order chi connectivity index (χ1) is 7.74. The van der Waals surface area contributed by atoms with Gasteiger partial charge < -0.3 is 9.84 Å². The van der Waals surface area contributed by atoms with E-state index in [1.165, 1.54) is 5.56 Å². The normalized spacial score (nSPS) is 25.9. The second kappa shape index (κ2) is 4.85. The maximum atomic E-state index is 9.18. The number of ether oxygens (including phenoxy) is 1. The first-order valence-electron chi connectivity index (χ1n) is 5.69. The third kappa shape index (κ3) is 2.20. The summed E-state index contributed by atoms with van der Waals surface area (Å²) in [5.74, 6) is 1.31. The van der Waals surface area contributed by atoms with Gasteiger partial charge in [-0.3, -0.25) is 4.90 Å². The van der Waals surface area contributed by atoms with Crippen LogP contribution in [0.4, 0.5) is 0 Å². The molecule has 1 aromatic rings. The molecule has 1 aliphatic heterocycles. The van der Waals surface area contributed by atoms with Crippen LogP contribution in [0.2, 0.25) is 0 Å². The minimum absolute atomic E-state index is 0.289. The first kappa shape index (κ1) is 11.4. The van der Waals surface area contributed by atoms with Gasteiger partial charge in [0.2, 0.25) is 0 Å². The van der Waals surface area contributed by atoms with Crippen molar-refractivity contribution in [2.45, 2.75) is 12.5 Å². The largest absolute Gasteiger partial charge is 0.497 e. The lowest BCUT2D eigenvalue weighted by Crippen LogP contribution is -2.18. The van der Waals surface area contributed by atoms with Gasteiger partial charge in [0.25, 0.3) is 0 Å². The maximum absolute atomic E-state index is 9.18. The second-order valence-electron chi connectivity index (χ2n) is 4.51. The number of aliphatic hydroxyl groups excluding tert-OH is 1. The van der Waals surface area contributed by atoms with Crippen molar-refractivity contribution < 1.29 is 9.84 Å². The number of rotatable bonds is 3. The molecule has 0 radical (unpaired) electrons. The van der Waals surface area contributed by atoms with Crippen molar-refractivity contribution in [3.63, 3.8) is 0 Å². The Morgan fingerprint density at radius 3 is 2.56 bits per heavy atom. The number of hydrogen-bond donors (Lipinski definition) is 1. The Hall–Kier alpha value is -1.06. The zero-order chi connectivity index (χ0) is 11.5. The predicted octanol–water partition coefficient (Wildman–Crippen LogP) is 1.68. The molecule has 0 aromatic heterocycles. The minimum Gasteiger partial charge on any atom is -0.497 e. The highest BCUT2D eigenvalue weighted by Gasteiger charge is 2.29. The van der Waals surface area contributed by atoms with Gasteiger partial charge >= 0.3 is 0 Å². The molecule has 0 aliphatic carbocycles. The van der Waals surface area contributed by atoms with Gasteiger partial charge in [0.05, 0.1) is 7.11 Å². The van der Waals surface area contributed by atoms with Gasteiger partial charge in [-0.15, -0.1) is 0 Å². The molecule has 0 bridgehead atoms. The molecule has 2 atom stereocenters. The van der Waals surface area contributed by atoms with E-state index in [9.17, 15) is 5.11 Å². The number of likely N-dealkylation sites (tertiary alicyclic amines) is 1. The van der Waals surface area contributed by atoms with Crippen LogP contribution in [0.5, 0.6) is 5.75 Å². The van der Waals surface area contributed by atoms with Crippen LogP contribution in [0.1, 0.15) is 18.0 Å². The lowest BCUT2D eigenvalue weighted by molar-refractivity contribution is 0.227. The number of benzene rings is 1. The molecule has 3 nitrogen and oxygen atoms in total. The lowest BCUT2D eigenvalue weighted by atomic mass is 10.0. The van der Waals surface area contributed by atoms with Gasteiger partial charge in [-0.25, -0.2) is 0 Å². The molecule has 1 aromatic carbocycles. The van der Waals surface area contributed by atoms with E-state index in [0.29, 0.717) is 12.0 Å². The van der Waals surface area contributed by atoms with Crippen LogP contribution in [0, 0.1) is 5.92 Å². The van der Waals surface area contributed by atoms with Crippen LogP contribution in [0.15, 0.2) is 24.3 Å². The monoisotopic (exact) mass is 221 g/mol. The zero-order valence-electron chi connectivity index (χ0n) is 9.89. The van der Waals surface area contributed by atoms with Crippen molar-refractivity contribution in [2.75, 3.05) is 27.3 Å². The van der Waals surface area contributed by atoms with E-state index in [-0.39, 0.29) is 6.61 Å². The molecule has 1 fully saturated rings. The number of methoxy groups -OCH3 is 1. The van der Waals surface area contributed by atoms with E-state index in [0.717, 1.165) is 18.7 Å². The van der Waals surface area contributed by atoms with Crippen molar-refractivity contribution in [3.05, 3.63) is 29.8 Å². The van der Waals surface area contributed by atoms with Gasteiger partial charge in [0.1, 0.15) is 5.75 Å². The molecular formula is C13H19NO2. The average Bonchev–Trinajstić information content (AvgIpc) is 2.71. The fourth-order valence-corrected chi connectivity index (χ4v) is 2.45. The Labute approximate surface area is 96.6 Å². The van der Waals surface area contributed by atoms with Crippen molar-refractivity contribution >= 4 is 0 Å².